The fraction of sp³-hybridized carbons (Fsp3) is 0.444. The first-order valence-electron chi connectivity index (χ1n) is 8.94. The van der Waals surface area contributed by atoms with Gasteiger partial charge < -0.3 is 15.0 Å². The zero-order valence-electron chi connectivity index (χ0n) is 15.0. The molecule has 1 aliphatic heterocycles. The minimum absolute atomic E-state index is 0.162. The van der Waals surface area contributed by atoms with E-state index in [2.05, 4.69) is 34.4 Å². The van der Waals surface area contributed by atoms with E-state index in [1.165, 1.54) is 0 Å². The van der Waals surface area contributed by atoms with E-state index < -0.39 is 0 Å². The number of nitrogens with zero attached hydrogens (tertiary/aromatic N) is 6. The molecule has 26 heavy (non-hydrogen) atoms. The zero-order chi connectivity index (χ0) is 17.9. The molecule has 0 aliphatic carbocycles. The third-order valence-electron chi connectivity index (χ3n) is 4.38. The highest BCUT2D eigenvalue weighted by Gasteiger charge is 2.26. The van der Waals surface area contributed by atoms with Crippen molar-refractivity contribution in [3.63, 3.8) is 0 Å². The second-order valence-electron chi connectivity index (χ2n) is 6.64. The molecule has 2 atom stereocenters. The van der Waals surface area contributed by atoms with Crippen molar-refractivity contribution in [2.45, 2.75) is 32.6 Å². The Bertz CT molecular complexity index is 857. The van der Waals surface area contributed by atoms with Gasteiger partial charge in [0.15, 0.2) is 11.6 Å². The van der Waals surface area contributed by atoms with Crippen LogP contribution in [0.2, 0.25) is 0 Å². The summed E-state index contributed by atoms with van der Waals surface area (Å²) in [7, 11) is 0. The summed E-state index contributed by atoms with van der Waals surface area (Å²) in [4.78, 5) is 12.0. The molecule has 3 heterocycles. The number of fused-ring (bicyclic) bond motifs is 1. The Labute approximate surface area is 152 Å². The van der Waals surface area contributed by atoms with Crippen molar-refractivity contribution in [2.24, 2.45) is 0 Å². The summed E-state index contributed by atoms with van der Waals surface area (Å²) in [6.07, 6.45) is 3.85. The summed E-state index contributed by atoms with van der Waals surface area (Å²) in [5.41, 5.74) is 1.78. The normalized spacial score (nSPS) is 20.5. The number of hydrogen-bond donors (Lipinski definition) is 1. The van der Waals surface area contributed by atoms with Crippen LogP contribution in [0.15, 0.2) is 36.7 Å². The first kappa shape index (κ1) is 16.7. The molecule has 0 amide bonds. The van der Waals surface area contributed by atoms with Crippen LogP contribution in [-0.2, 0) is 11.3 Å². The average molecular weight is 353 g/mol. The number of hydrogen-bond acceptors (Lipinski definition) is 7. The van der Waals surface area contributed by atoms with Gasteiger partial charge in [-0.2, -0.15) is 0 Å². The quantitative estimate of drug-likeness (QED) is 0.751. The van der Waals surface area contributed by atoms with Crippen molar-refractivity contribution >= 4 is 22.7 Å². The zero-order valence-corrected chi connectivity index (χ0v) is 15.0. The maximum Gasteiger partial charge on any atom is 0.172 e. The molecule has 136 valence electrons. The Morgan fingerprint density at radius 2 is 1.85 bits per heavy atom. The Kier molecular flexibility index (Phi) is 4.66. The second-order valence-corrected chi connectivity index (χ2v) is 6.64. The van der Waals surface area contributed by atoms with Gasteiger partial charge in [0, 0.05) is 25.8 Å². The molecule has 8 heteroatoms. The highest BCUT2D eigenvalue weighted by atomic mass is 16.5. The standard InChI is InChI=1S/C18H23N7O/c1-13-11-24(12-14(2)26-13)18-17(19-7-9-25-10-8-20-23-25)21-15-5-3-4-6-16(15)22-18/h3-6,8,10,13-14H,7,9,11-12H2,1-2H3,(H,19,21). The van der Waals surface area contributed by atoms with Gasteiger partial charge in [-0.25, -0.2) is 9.97 Å². The van der Waals surface area contributed by atoms with Gasteiger partial charge in [0.1, 0.15) is 0 Å². The van der Waals surface area contributed by atoms with E-state index in [-0.39, 0.29) is 12.2 Å². The SMILES string of the molecule is CC1CN(c2nc3ccccc3nc2NCCn2ccnn2)CC(C)O1. The summed E-state index contributed by atoms with van der Waals surface area (Å²) in [5, 5.41) is 11.3. The van der Waals surface area contributed by atoms with Crippen LogP contribution in [0.4, 0.5) is 11.6 Å². The number of morpholine rings is 1. The van der Waals surface area contributed by atoms with Gasteiger partial charge in [-0.3, -0.25) is 4.68 Å². The molecule has 1 fully saturated rings. The number of aromatic nitrogens is 5. The van der Waals surface area contributed by atoms with Crippen LogP contribution in [0, 0.1) is 0 Å². The predicted molar refractivity (Wildman–Crippen MR) is 100 cm³/mol. The molecule has 1 saturated heterocycles. The highest BCUT2D eigenvalue weighted by Crippen LogP contribution is 2.27. The van der Waals surface area contributed by atoms with Crippen LogP contribution in [0.25, 0.3) is 11.0 Å². The third kappa shape index (κ3) is 3.60. The maximum atomic E-state index is 5.87. The smallest absolute Gasteiger partial charge is 0.172 e. The highest BCUT2D eigenvalue weighted by molar-refractivity contribution is 5.80. The molecule has 0 radical (unpaired) electrons. The minimum atomic E-state index is 0.162. The molecule has 1 aliphatic rings. The molecule has 3 aromatic rings. The average Bonchev–Trinajstić information content (AvgIpc) is 3.14. The molecule has 2 unspecified atom stereocenters. The monoisotopic (exact) mass is 353 g/mol. The van der Waals surface area contributed by atoms with E-state index in [0.29, 0.717) is 13.1 Å². The van der Waals surface area contributed by atoms with E-state index in [0.717, 1.165) is 35.8 Å². The molecule has 0 spiro atoms. The van der Waals surface area contributed by atoms with Crippen molar-refractivity contribution in [1.82, 2.24) is 25.0 Å². The van der Waals surface area contributed by atoms with E-state index >= 15 is 0 Å². The molecule has 1 N–H and O–H groups in total. The lowest BCUT2D eigenvalue weighted by Gasteiger charge is -2.36. The van der Waals surface area contributed by atoms with Crippen molar-refractivity contribution in [3.8, 4) is 0 Å². The summed E-state index contributed by atoms with van der Waals surface area (Å²) in [5.74, 6) is 1.68. The molecule has 0 bridgehead atoms. The molecule has 8 nitrogen and oxygen atoms in total. The van der Waals surface area contributed by atoms with Gasteiger partial charge in [0.25, 0.3) is 0 Å². The fourth-order valence-electron chi connectivity index (χ4n) is 3.32. The second kappa shape index (κ2) is 7.25. The Morgan fingerprint density at radius 1 is 1.12 bits per heavy atom. The first-order valence-corrected chi connectivity index (χ1v) is 8.94. The summed E-state index contributed by atoms with van der Waals surface area (Å²) in [6.45, 7) is 7.19. The fourth-order valence-corrected chi connectivity index (χ4v) is 3.32. The molecule has 2 aromatic heterocycles. The Balaban J connectivity index is 1.62. The van der Waals surface area contributed by atoms with Crippen LogP contribution in [0.3, 0.4) is 0 Å². The van der Waals surface area contributed by atoms with Gasteiger partial charge >= 0.3 is 0 Å². The van der Waals surface area contributed by atoms with Gasteiger partial charge in [0.05, 0.1) is 36.0 Å². The lowest BCUT2D eigenvalue weighted by Crippen LogP contribution is -2.46. The van der Waals surface area contributed by atoms with Gasteiger partial charge in [-0.05, 0) is 26.0 Å². The molecule has 1 aromatic carbocycles. The number of rotatable bonds is 5. The Hall–Kier alpha value is -2.74. The van der Waals surface area contributed by atoms with E-state index in [1.807, 2.05) is 30.5 Å². The summed E-state index contributed by atoms with van der Waals surface area (Å²) in [6, 6.07) is 7.95. The Morgan fingerprint density at radius 3 is 2.54 bits per heavy atom. The van der Waals surface area contributed by atoms with Crippen LogP contribution in [0.5, 0.6) is 0 Å². The van der Waals surface area contributed by atoms with Crippen molar-refractivity contribution in [2.75, 3.05) is 29.9 Å². The van der Waals surface area contributed by atoms with Crippen LogP contribution in [0.1, 0.15) is 13.8 Å². The van der Waals surface area contributed by atoms with Gasteiger partial charge in [-0.1, -0.05) is 17.3 Å². The van der Waals surface area contributed by atoms with Crippen LogP contribution < -0.4 is 10.2 Å². The lowest BCUT2D eigenvalue weighted by atomic mass is 10.2. The minimum Gasteiger partial charge on any atom is -0.372 e. The third-order valence-corrected chi connectivity index (χ3v) is 4.38. The number of anilines is 2. The molecular formula is C18H23N7O. The maximum absolute atomic E-state index is 5.87. The largest absolute Gasteiger partial charge is 0.372 e. The van der Waals surface area contributed by atoms with E-state index in [9.17, 15) is 0 Å². The number of nitrogens with one attached hydrogen (secondary N) is 1. The van der Waals surface area contributed by atoms with Gasteiger partial charge in [0.2, 0.25) is 0 Å². The summed E-state index contributed by atoms with van der Waals surface area (Å²) < 4.78 is 7.66. The van der Waals surface area contributed by atoms with Crippen molar-refractivity contribution < 1.29 is 4.74 Å². The number of benzene rings is 1. The van der Waals surface area contributed by atoms with E-state index in [1.54, 1.807) is 10.9 Å². The molecule has 4 rings (SSSR count). The van der Waals surface area contributed by atoms with E-state index in [4.69, 9.17) is 14.7 Å². The van der Waals surface area contributed by atoms with Crippen LogP contribution in [-0.4, -0.2) is 56.8 Å². The molecular weight excluding hydrogens is 330 g/mol. The predicted octanol–water partition coefficient (Wildman–Crippen LogP) is 1.95. The molecule has 0 saturated carbocycles. The van der Waals surface area contributed by atoms with Crippen LogP contribution >= 0.6 is 0 Å². The summed E-state index contributed by atoms with van der Waals surface area (Å²) >= 11 is 0. The first-order chi connectivity index (χ1) is 12.7. The topological polar surface area (TPSA) is 81.0 Å². The van der Waals surface area contributed by atoms with Crippen molar-refractivity contribution in [3.05, 3.63) is 36.7 Å². The number of ether oxygens (including phenoxy) is 1. The number of para-hydroxylation sites is 2. The van der Waals surface area contributed by atoms with Gasteiger partial charge in [-0.15, -0.1) is 5.10 Å². The van der Waals surface area contributed by atoms with Crippen molar-refractivity contribution in [1.29, 1.82) is 0 Å². The lowest BCUT2D eigenvalue weighted by molar-refractivity contribution is -0.00541.